The second-order valence-corrected chi connectivity index (χ2v) is 3.34. The van der Waals surface area contributed by atoms with E-state index in [4.69, 9.17) is 11.5 Å². The van der Waals surface area contributed by atoms with Gasteiger partial charge in [0.2, 0.25) is 0 Å². The summed E-state index contributed by atoms with van der Waals surface area (Å²) in [5.74, 6) is 0.281. The molecule has 0 unspecified atom stereocenters. The molecule has 3 heteroatoms. The van der Waals surface area contributed by atoms with Crippen LogP contribution in [0.2, 0.25) is 0 Å². The molecule has 1 aromatic rings. The minimum Gasteiger partial charge on any atom is -0.508 e. The van der Waals surface area contributed by atoms with Crippen molar-refractivity contribution in [2.24, 2.45) is 11.5 Å². The van der Waals surface area contributed by atoms with E-state index in [-0.39, 0.29) is 11.8 Å². The Hall–Kier alpha value is -1.06. The summed E-state index contributed by atoms with van der Waals surface area (Å²) in [5.41, 5.74) is 14.4. The molecule has 0 heterocycles. The first-order valence-corrected chi connectivity index (χ1v) is 4.32. The fourth-order valence-electron chi connectivity index (χ4n) is 1.65. The van der Waals surface area contributed by atoms with Crippen LogP contribution in [0.4, 0.5) is 0 Å². The molecule has 72 valence electrons. The lowest BCUT2D eigenvalue weighted by Gasteiger charge is -2.15. The smallest absolute Gasteiger partial charge is 0.116 e. The fourth-order valence-corrected chi connectivity index (χ4v) is 1.65. The van der Waals surface area contributed by atoms with Gasteiger partial charge in [-0.2, -0.15) is 0 Å². The van der Waals surface area contributed by atoms with Crippen molar-refractivity contribution in [3.8, 4) is 5.75 Å². The highest BCUT2D eigenvalue weighted by atomic mass is 16.3. The van der Waals surface area contributed by atoms with Crippen LogP contribution in [0, 0.1) is 13.8 Å². The average molecular weight is 180 g/mol. The molecule has 0 bridgehead atoms. The van der Waals surface area contributed by atoms with Gasteiger partial charge < -0.3 is 16.6 Å². The largest absolute Gasteiger partial charge is 0.508 e. The molecule has 1 aromatic carbocycles. The van der Waals surface area contributed by atoms with Gasteiger partial charge in [-0.05, 0) is 42.7 Å². The zero-order valence-electron chi connectivity index (χ0n) is 8.04. The lowest BCUT2D eigenvalue weighted by atomic mass is 9.96. The van der Waals surface area contributed by atoms with Crippen LogP contribution in [-0.4, -0.2) is 11.7 Å². The van der Waals surface area contributed by atoms with Gasteiger partial charge in [0.15, 0.2) is 0 Å². The van der Waals surface area contributed by atoms with Crippen molar-refractivity contribution in [3.63, 3.8) is 0 Å². The van der Waals surface area contributed by atoms with E-state index < -0.39 is 0 Å². The summed E-state index contributed by atoms with van der Waals surface area (Å²) < 4.78 is 0. The summed E-state index contributed by atoms with van der Waals surface area (Å²) in [5, 5.41) is 9.30. The molecule has 0 fully saturated rings. The Morgan fingerprint density at radius 3 is 2.15 bits per heavy atom. The third-order valence-electron chi connectivity index (χ3n) is 2.20. The van der Waals surface area contributed by atoms with Gasteiger partial charge in [0.25, 0.3) is 0 Å². The van der Waals surface area contributed by atoms with Crippen molar-refractivity contribution in [1.29, 1.82) is 0 Å². The first-order valence-electron chi connectivity index (χ1n) is 4.32. The Kier molecular flexibility index (Phi) is 2.90. The van der Waals surface area contributed by atoms with Crippen molar-refractivity contribution in [2.45, 2.75) is 19.9 Å². The van der Waals surface area contributed by atoms with E-state index in [2.05, 4.69) is 0 Å². The Balaban J connectivity index is 3.20. The van der Waals surface area contributed by atoms with Gasteiger partial charge in [-0.15, -0.1) is 0 Å². The van der Waals surface area contributed by atoms with E-state index in [0.29, 0.717) is 6.54 Å². The number of hydrogen-bond acceptors (Lipinski definition) is 3. The molecule has 5 N–H and O–H groups in total. The summed E-state index contributed by atoms with van der Waals surface area (Å²) in [6, 6.07) is 3.27. The first-order chi connectivity index (χ1) is 6.06. The fraction of sp³-hybridized carbons (Fsp3) is 0.400. The number of rotatable bonds is 2. The number of phenolic OH excluding ortho intramolecular Hbond substituents is 1. The molecule has 0 amide bonds. The van der Waals surface area contributed by atoms with E-state index in [1.165, 1.54) is 0 Å². The van der Waals surface area contributed by atoms with Crippen LogP contribution in [0.15, 0.2) is 12.1 Å². The zero-order chi connectivity index (χ0) is 10.0. The summed E-state index contributed by atoms with van der Waals surface area (Å²) in [4.78, 5) is 0. The van der Waals surface area contributed by atoms with Crippen LogP contribution >= 0.6 is 0 Å². The molecule has 0 aliphatic carbocycles. The van der Waals surface area contributed by atoms with E-state index in [0.717, 1.165) is 16.7 Å². The van der Waals surface area contributed by atoms with Gasteiger partial charge in [0.1, 0.15) is 5.75 Å². The maximum Gasteiger partial charge on any atom is 0.116 e. The maximum absolute atomic E-state index is 9.30. The highest BCUT2D eigenvalue weighted by Crippen LogP contribution is 2.24. The van der Waals surface area contributed by atoms with Crippen molar-refractivity contribution >= 4 is 0 Å². The van der Waals surface area contributed by atoms with Crippen LogP contribution in [0.3, 0.4) is 0 Å². The van der Waals surface area contributed by atoms with Crippen molar-refractivity contribution in [2.75, 3.05) is 6.54 Å². The second kappa shape index (κ2) is 3.77. The van der Waals surface area contributed by atoms with Crippen LogP contribution in [0.1, 0.15) is 22.7 Å². The third kappa shape index (κ3) is 1.99. The molecule has 0 spiro atoms. The maximum atomic E-state index is 9.30. The van der Waals surface area contributed by atoms with Gasteiger partial charge in [-0.1, -0.05) is 0 Å². The Labute approximate surface area is 78.4 Å². The number of aromatic hydroxyl groups is 1. The molecule has 0 radical (unpaired) electrons. The van der Waals surface area contributed by atoms with Gasteiger partial charge in [-0.25, -0.2) is 0 Å². The summed E-state index contributed by atoms with van der Waals surface area (Å²) in [6.45, 7) is 4.28. The molecular formula is C10H16N2O. The third-order valence-corrected chi connectivity index (χ3v) is 2.20. The van der Waals surface area contributed by atoms with Crippen LogP contribution in [0.5, 0.6) is 5.75 Å². The Bertz CT molecular complexity index is 287. The summed E-state index contributed by atoms with van der Waals surface area (Å²) >= 11 is 0. The standard InChI is InChI=1S/C10H16N2O/c1-6-3-8(13)4-7(2)10(6)9(12)5-11/h3-4,9,13H,5,11-12H2,1-2H3/t9-/m0/s1. The Morgan fingerprint density at radius 1 is 1.31 bits per heavy atom. The number of nitrogens with two attached hydrogens (primary N) is 2. The first kappa shape index (κ1) is 10.0. The van der Waals surface area contributed by atoms with Crippen molar-refractivity contribution in [1.82, 2.24) is 0 Å². The van der Waals surface area contributed by atoms with Crippen LogP contribution < -0.4 is 11.5 Å². The average Bonchev–Trinajstić information content (AvgIpc) is 2.02. The molecule has 3 nitrogen and oxygen atoms in total. The minimum atomic E-state index is -0.138. The lowest BCUT2D eigenvalue weighted by Crippen LogP contribution is -2.22. The Morgan fingerprint density at radius 2 is 1.77 bits per heavy atom. The lowest BCUT2D eigenvalue weighted by molar-refractivity contribution is 0.473. The topological polar surface area (TPSA) is 72.3 Å². The van der Waals surface area contributed by atoms with Gasteiger partial charge in [0.05, 0.1) is 0 Å². The van der Waals surface area contributed by atoms with Gasteiger partial charge in [0, 0.05) is 12.6 Å². The summed E-state index contributed by atoms with van der Waals surface area (Å²) in [6.07, 6.45) is 0. The monoisotopic (exact) mass is 180 g/mol. The number of hydrogen-bond donors (Lipinski definition) is 3. The highest BCUT2D eigenvalue weighted by molar-refractivity contribution is 5.42. The van der Waals surface area contributed by atoms with E-state index in [9.17, 15) is 5.11 Å². The number of benzene rings is 1. The molecule has 1 rings (SSSR count). The van der Waals surface area contributed by atoms with Crippen molar-refractivity contribution < 1.29 is 5.11 Å². The number of phenols is 1. The molecule has 0 aliphatic rings. The SMILES string of the molecule is Cc1cc(O)cc(C)c1[C@@H](N)CN. The molecule has 1 atom stereocenters. The molecule has 0 saturated heterocycles. The second-order valence-electron chi connectivity index (χ2n) is 3.34. The van der Waals surface area contributed by atoms with Gasteiger partial charge in [-0.3, -0.25) is 0 Å². The summed E-state index contributed by atoms with van der Waals surface area (Å²) in [7, 11) is 0. The minimum absolute atomic E-state index is 0.138. The predicted molar refractivity (Wildman–Crippen MR) is 53.6 cm³/mol. The van der Waals surface area contributed by atoms with E-state index >= 15 is 0 Å². The molecule has 0 aromatic heterocycles. The molecule has 13 heavy (non-hydrogen) atoms. The highest BCUT2D eigenvalue weighted by Gasteiger charge is 2.10. The van der Waals surface area contributed by atoms with E-state index in [1.807, 2.05) is 13.8 Å². The number of aryl methyl sites for hydroxylation is 2. The van der Waals surface area contributed by atoms with Crippen molar-refractivity contribution in [3.05, 3.63) is 28.8 Å². The zero-order valence-corrected chi connectivity index (χ0v) is 8.04. The molecule has 0 saturated carbocycles. The van der Waals surface area contributed by atoms with Crippen LogP contribution in [-0.2, 0) is 0 Å². The normalized spacial score (nSPS) is 12.9. The van der Waals surface area contributed by atoms with E-state index in [1.54, 1.807) is 12.1 Å². The van der Waals surface area contributed by atoms with Gasteiger partial charge >= 0.3 is 0 Å². The van der Waals surface area contributed by atoms with Crippen LogP contribution in [0.25, 0.3) is 0 Å². The molecule has 0 aliphatic heterocycles. The quantitative estimate of drug-likeness (QED) is 0.635. The predicted octanol–water partition coefficient (Wildman–Crippen LogP) is 0.968. The molecular weight excluding hydrogens is 164 g/mol.